The fourth-order valence-corrected chi connectivity index (χ4v) is 3.61. The highest BCUT2D eigenvalue weighted by molar-refractivity contribution is 7.89. The maximum atomic E-state index is 11.3. The van der Waals surface area contributed by atoms with Gasteiger partial charge in [-0.2, -0.15) is 0 Å². The van der Waals surface area contributed by atoms with Crippen molar-refractivity contribution >= 4 is 44.6 Å². The number of sulfonamides is 1. The van der Waals surface area contributed by atoms with Crippen LogP contribution < -0.4 is 15.8 Å². The molecular formula is C17H20ClN3O2S2. The summed E-state index contributed by atoms with van der Waals surface area (Å²) >= 11 is 11.6. The monoisotopic (exact) mass is 397 g/mol. The Labute approximate surface area is 158 Å². The van der Waals surface area contributed by atoms with Crippen molar-refractivity contribution in [2.75, 3.05) is 5.32 Å². The largest absolute Gasteiger partial charge is 0.356 e. The van der Waals surface area contributed by atoms with Crippen LogP contribution in [-0.2, 0) is 10.0 Å². The van der Waals surface area contributed by atoms with E-state index in [9.17, 15) is 8.42 Å². The standard InChI is InChI=1S/C17H20ClN3O2S2/c1-10-8-11(2)16(15(18)9-10)21-17(24)20-12(3)13-4-6-14(7-5-13)25(19,22)23/h4-9,12H,1-3H3,(H2,19,22,23)(H2,20,21,24)/t12-/m0/s1. The predicted octanol–water partition coefficient (Wildman–Crippen LogP) is 3.65. The van der Waals surface area contributed by atoms with Crippen molar-refractivity contribution in [2.24, 2.45) is 5.14 Å². The Morgan fingerprint density at radius 2 is 1.80 bits per heavy atom. The minimum atomic E-state index is -3.70. The molecule has 0 aliphatic heterocycles. The van der Waals surface area contributed by atoms with Gasteiger partial charge < -0.3 is 10.6 Å². The maximum absolute atomic E-state index is 11.3. The minimum Gasteiger partial charge on any atom is -0.356 e. The van der Waals surface area contributed by atoms with Crippen molar-refractivity contribution < 1.29 is 8.42 Å². The minimum absolute atomic E-state index is 0.0752. The molecule has 0 unspecified atom stereocenters. The van der Waals surface area contributed by atoms with E-state index in [-0.39, 0.29) is 10.9 Å². The van der Waals surface area contributed by atoms with E-state index in [0.717, 1.165) is 22.4 Å². The lowest BCUT2D eigenvalue weighted by Gasteiger charge is -2.19. The number of aryl methyl sites for hydroxylation is 2. The zero-order valence-electron chi connectivity index (χ0n) is 14.1. The highest BCUT2D eigenvalue weighted by atomic mass is 35.5. The molecule has 25 heavy (non-hydrogen) atoms. The first kappa shape index (κ1) is 19.7. The van der Waals surface area contributed by atoms with Gasteiger partial charge in [-0.25, -0.2) is 13.6 Å². The third-order valence-corrected chi connectivity index (χ3v) is 5.17. The van der Waals surface area contributed by atoms with Crippen LogP contribution in [0.15, 0.2) is 41.3 Å². The molecule has 0 aliphatic carbocycles. The van der Waals surface area contributed by atoms with Crippen LogP contribution >= 0.6 is 23.8 Å². The number of benzene rings is 2. The lowest BCUT2D eigenvalue weighted by atomic mass is 10.1. The molecule has 0 saturated carbocycles. The van der Waals surface area contributed by atoms with Gasteiger partial charge in [0, 0.05) is 0 Å². The van der Waals surface area contributed by atoms with E-state index in [0.29, 0.717) is 10.1 Å². The van der Waals surface area contributed by atoms with Crippen LogP contribution in [0.4, 0.5) is 5.69 Å². The van der Waals surface area contributed by atoms with Crippen LogP contribution in [0.5, 0.6) is 0 Å². The van der Waals surface area contributed by atoms with Crippen LogP contribution in [0.3, 0.4) is 0 Å². The molecule has 0 saturated heterocycles. The fraction of sp³-hybridized carbons (Fsp3) is 0.235. The van der Waals surface area contributed by atoms with Crippen LogP contribution in [0.2, 0.25) is 5.02 Å². The molecule has 0 heterocycles. The Morgan fingerprint density at radius 3 is 2.32 bits per heavy atom. The van der Waals surface area contributed by atoms with Crippen LogP contribution in [0, 0.1) is 13.8 Å². The summed E-state index contributed by atoms with van der Waals surface area (Å²) in [6.45, 7) is 5.86. The summed E-state index contributed by atoms with van der Waals surface area (Å²) < 4.78 is 22.6. The molecule has 0 radical (unpaired) electrons. The highest BCUT2D eigenvalue weighted by Gasteiger charge is 2.12. The molecule has 134 valence electrons. The van der Waals surface area contributed by atoms with E-state index in [1.807, 2.05) is 32.9 Å². The van der Waals surface area contributed by atoms with E-state index >= 15 is 0 Å². The molecule has 0 fully saturated rings. The third kappa shape index (κ3) is 5.15. The van der Waals surface area contributed by atoms with Gasteiger partial charge >= 0.3 is 0 Å². The molecule has 0 bridgehead atoms. The first-order chi connectivity index (χ1) is 11.6. The summed E-state index contributed by atoms with van der Waals surface area (Å²) in [5, 5.41) is 12.4. The van der Waals surface area contributed by atoms with Crippen LogP contribution in [0.25, 0.3) is 0 Å². The molecule has 0 aliphatic rings. The molecule has 2 aromatic carbocycles. The Kier molecular flexibility index (Phi) is 6.05. The Balaban J connectivity index is 2.08. The number of halogens is 1. The smallest absolute Gasteiger partial charge is 0.238 e. The fourth-order valence-electron chi connectivity index (χ4n) is 2.45. The molecule has 4 N–H and O–H groups in total. The number of nitrogens with two attached hydrogens (primary N) is 1. The first-order valence-corrected chi connectivity index (χ1v) is 9.88. The molecular weight excluding hydrogens is 378 g/mol. The SMILES string of the molecule is Cc1cc(C)c(NC(=S)N[C@@H](C)c2ccc(S(N)(=O)=O)cc2)c(Cl)c1. The number of hydrogen-bond donors (Lipinski definition) is 3. The van der Waals surface area contributed by atoms with Crippen LogP contribution in [0.1, 0.15) is 29.7 Å². The Morgan fingerprint density at radius 1 is 1.20 bits per heavy atom. The van der Waals surface area contributed by atoms with E-state index in [1.165, 1.54) is 12.1 Å². The summed E-state index contributed by atoms with van der Waals surface area (Å²) in [5.41, 5.74) is 3.72. The summed E-state index contributed by atoms with van der Waals surface area (Å²) in [4.78, 5) is 0.0752. The maximum Gasteiger partial charge on any atom is 0.238 e. The molecule has 0 aromatic heterocycles. The number of thiocarbonyl (C=S) groups is 1. The number of anilines is 1. The second-order valence-corrected chi connectivity index (χ2v) is 8.25. The number of rotatable bonds is 4. The van der Waals surface area contributed by atoms with Gasteiger partial charge in [-0.05, 0) is 67.9 Å². The number of hydrogen-bond acceptors (Lipinski definition) is 3. The first-order valence-electron chi connectivity index (χ1n) is 7.55. The quantitative estimate of drug-likeness (QED) is 0.686. The second kappa shape index (κ2) is 7.70. The van der Waals surface area contributed by atoms with Crippen molar-refractivity contribution in [1.82, 2.24) is 5.32 Å². The molecule has 2 aromatic rings. The molecule has 1 atom stereocenters. The molecule has 0 amide bonds. The van der Waals surface area contributed by atoms with Crippen molar-refractivity contribution in [3.8, 4) is 0 Å². The van der Waals surface area contributed by atoms with Gasteiger partial charge in [0.1, 0.15) is 0 Å². The number of primary sulfonamides is 1. The average Bonchev–Trinajstić information content (AvgIpc) is 2.50. The van der Waals surface area contributed by atoms with Gasteiger partial charge in [0.2, 0.25) is 10.0 Å². The van der Waals surface area contributed by atoms with Gasteiger partial charge in [-0.3, -0.25) is 0 Å². The predicted molar refractivity (Wildman–Crippen MR) is 107 cm³/mol. The number of nitrogens with one attached hydrogen (secondary N) is 2. The van der Waals surface area contributed by atoms with Gasteiger partial charge in [-0.1, -0.05) is 29.8 Å². The lowest BCUT2D eigenvalue weighted by molar-refractivity contribution is 0.597. The summed E-state index contributed by atoms with van der Waals surface area (Å²) in [6.07, 6.45) is 0. The molecule has 0 spiro atoms. The van der Waals surface area contributed by atoms with Crippen molar-refractivity contribution in [2.45, 2.75) is 31.7 Å². The van der Waals surface area contributed by atoms with Crippen LogP contribution in [-0.4, -0.2) is 13.5 Å². The van der Waals surface area contributed by atoms with E-state index in [1.54, 1.807) is 12.1 Å². The highest BCUT2D eigenvalue weighted by Crippen LogP contribution is 2.27. The zero-order chi connectivity index (χ0) is 18.8. The third-order valence-electron chi connectivity index (χ3n) is 3.73. The van der Waals surface area contributed by atoms with Gasteiger partial charge in [0.15, 0.2) is 5.11 Å². The lowest BCUT2D eigenvalue weighted by Crippen LogP contribution is -2.31. The van der Waals surface area contributed by atoms with Crippen molar-refractivity contribution in [3.05, 3.63) is 58.1 Å². The Hall–Kier alpha value is -1.67. The molecule has 8 heteroatoms. The Bertz CT molecular complexity index is 874. The normalized spacial score (nSPS) is 12.5. The average molecular weight is 398 g/mol. The summed E-state index contributed by atoms with van der Waals surface area (Å²) in [7, 11) is -3.70. The van der Waals surface area contributed by atoms with Gasteiger partial charge in [0.05, 0.1) is 21.6 Å². The van der Waals surface area contributed by atoms with Gasteiger partial charge in [-0.15, -0.1) is 0 Å². The van der Waals surface area contributed by atoms with Crippen molar-refractivity contribution in [3.63, 3.8) is 0 Å². The van der Waals surface area contributed by atoms with E-state index < -0.39 is 10.0 Å². The van der Waals surface area contributed by atoms with Gasteiger partial charge in [0.25, 0.3) is 0 Å². The second-order valence-electron chi connectivity index (χ2n) is 5.87. The summed E-state index contributed by atoms with van der Waals surface area (Å²) in [5.74, 6) is 0. The van der Waals surface area contributed by atoms with E-state index in [2.05, 4.69) is 10.6 Å². The van der Waals surface area contributed by atoms with E-state index in [4.69, 9.17) is 29.0 Å². The van der Waals surface area contributed by atoms with Crippen molar-refractivity contribution in [1.29, 1.82) is 0 Å². The summed E-state index contributed by atoms with van der Waals surface area (Å²) in [6, 6.07) is 10.1. The molecule has 2 rings (SSSR count). The topological polar surface area (TPSA) is 84.2 Å². The zero-order valence-corrected chi connectivity index (χ0v) is 16.5. The molecule has 5 nitrogen and oxygen atoms in total.